The van der Waals surface area contributed by atoms with Crippen molar-refractivity contribution < 1.29 is 19.4 Å². The van der Waals surface area contributed by atoms with Crippen LogP contribution in [0.25, 0.3) is 0 Å². The minimum atomic E-state index is -0.519. The first-order chi connectivity index (χ1) is 10.9. The molecule has 9 heteroatoms. The molecule has 6 N–H and O–H groups in total. The third-order valence-electron chi connectivity index (χ3n) is 2.85. The molecule has 0 aliphatic carbocycles. The molecule has 1 aliphatic rings. The average molecular weight is 313 g/mol. The molecule has 9 nitrogen and oxygen atoms in total. The van der Waals surface area contributed by atoms with E-state index in [1.807, 2.05) is 24.3 Å². The number of benzene rings is 1. The van der Waals surface area contributed by atoms with Crippen LogP contribution in [0.2, 0.25) is 0 Å². The van der Waals surface area contributed by atoms with Crippen LogP contribution in [0.4, 0.5) is 5.69 Å². The number of nitrogens with two attached hydrogens (primary N) is 1. The highest BCUT2D eigenvalue weighted by atomic mass is 16.8. The third kappa shape index (κ3) is 6.64. The molecule has 0 atom stereocenters. The van der Waals surface area contributed by atoms with Gasteiger partial charge in [0, 0.05) is 38.3 Å². The van der Waals surface area contributed by atoms with E-state index in [2.05, 4.69) is 21.9 Å². The van der Waals surface area contributed by atoms with Gasteiger partial charge in [0.05, 0.1) is 0 Å². The highest BCUT2D eigenvalue weighted by Crippen LogP contribution is 2.14. The Morgan fingerprint density at radius 2 is 1.50 bits per heavy atom. The zero-order valence-electron chi connectivity index (χ0n) is 12.3. The molecule has 0 radical (unpaired) electrons. The molecule has 1 aromatic rings. The van der Waals surface area contributed by atoms with Crippen LogP contribution in [-0.2, 0) is 25.8 Å². The van der Waals surface area contributed by atoms with Crippen LogP contribution in [0, 0.1) is 0 Å². The van der Waals surface area contributed by atoms with E-state index in [0.29, 0.717) is 38.3 Å². The number of nitrogen functional groups attached to an aromatic ring is 1. The van der Waals surface area contributed by atoms with Crippen LogP contribution in [0.1, 0.15) is 5.56 Å². The van der Waals surface area contributed by atoms with E-state index in [4.69, 9.17) is 25.1 Å². The lowest BCUT2D eigenvalue weighted by atomic mass is 10.1. The fourth-order valence-electron chi connectivity index (χ4n) is 1.77. The summed E-state index contributed by atoms with van der Waals surface area (Å²) in [4.78, 5) is 21.1. The van der Waals surface area contributed by atoms with Gasteiger partial charge in [0.25, 0.3) is 0 Å². The highest BCUT2D eigenvalue weighted by molar-refractivity contribution is 5.46. The summed E-state index contributed by atoms with van der Waals surface area (Å²) in [6.45, 7) is 2.29. The van der Waals surface area contributed by atoms with Gasteiger partial charge in [-0.3, -0.25) is 19.4 Å². The molecule has 1 aliphatic heterocycles. The predicted octanol–water partition coefficient (Wildman–Crippen LogP) is -0.807. The maximum atomic E-state index is 5.94. The second-order valence-corrected chi connectivity index (χ2v) is 4.55. The van der Waals surface area contributed by atoms with Gasteiger partial charge in [-0.15, -0.1) is 0 Å². The van der Waals surface area contributed by atoms with Crippen LogP contribution in [0.5, 0.6) is 0 Å². The quantitative estimate of drug-likeness (QED) is 0.448. The van der Waals surface area contributed by atoms with Gasteiger partial charge in [-0.05, 0) is 11.6 Å². The zero-order valence-corrected chi connectivity index (χ0v) is 12.3. The van der Waals surface area contributed by atoms with Crippen LogP contribution < -0.4 is 27.7 Å². The van der Waals surface area contributed by atoms with E-state index in [-0.39, 0.29) is 6.79 Å². The molecule has 0 amide bonds. The topological polar surface area (TPSA) is 111 Å². The summed E-state index contributed by atoms with van der Waals surface area (Å²) in [7, 11) is 0. The van der Waals surface area contributed by atoms with E-state index in [0.717, 1.165) is 5.56 Å². The Bertz CT molecular complexity index is 409. The number of hydrogen-bond acceptors (Lipinski definition) is 9. The first-order valence-corrected chi connectivity index (χ1v) is 7.16. The number of hydroxylamine groups is 4. The van der Waals surface area contributed by atoms with E-state index in [1.54, 1.807) is 0 Å². The smallest absolute Gasteiger partial charge is 0.200 e. The van der Waals surface area contributed by atoms with Gasteiger partial charge in [0.2, 0.25) is 6.29 Å². The molecular formula is C13H23N5O4. The van der Waals surface area contributed by atoms with Crippen molar-refractivity contribution in [3.05, 3.63) is 29.8 Å². The Labute approximate surface area is 129 Å². The number of nitrogens with one attached hydrogen (secondary N) is 4. The SMILES string of the molecule is Nc1ccccc1CC1ONCCNOCONCCNO1. The van der Waals surface area contributed by atoms with Crippen molar-refractivity contribution in [1.29, 1.82) is 0 Å². The Morgan fingerprint density at radius 1 is 0.909 bits per heavy atom. The summed E-state index contributed by atoms with van der Waals surface area (Å²) in [5.74, 6) is 0. The van der Waals surface area contributed by atoms with Crippen molar-refractivity contribution in [3.63, 3.8) is 0 Å². The molecule has 1 saturated heterocycles. The van der Waals surface area contributed by atoms with E-state index < -0.39 is 6.29 Å². The van der Waals surface area contributed by atoms with Crippen LogP contribution in [0.3, 0.4) is 0 Å². The summed E-state index contributed by atoms with van der Waals surface area (Å²) in [6.07, 6.45) is -0.00459. The maximum absolute atomic E-state index is 5.94. The molecule has 2 rings (SSSR count). The van der Waals surface area contributed by atoms with Crippen molar-refractivity contribution in [2.45, 2.75) is 12.7 Å². The molecule has 0 spiro atoms. The summed E-state index contributed by atoms with van der Waals surface area (Å²) < 4.78 is 0. The largest absolute Gasteiger partial charge is 0.399 e. The molecule has 0 unspecified atom stereocenters. The first-order valence-electron chi connectivity index (χ1n) is 7.16. The molecule has 124 valence electrons. The van der Waals surface area contributed by atoms with Crippen LogP contribution in [-0.4, -0.2) is 39.3 Å². The molecule has 0 bridgehead atoms. The lowest BCUT2D eigenvalue weighted by Crippen LogP contribution is -2.39. The molecular weight excluding hydrogens is 290 g/mol. The second kappa shape index (κ2) is 10.4. The van der Waals surface area contributed by atoms with Gasteiger partial charge in [0.1, 0.15) is 0 Å². The van der Waals surface area contributed by atoms with E-state index in [9.17, 15) is 0 Å². The lowest BCUT2D eigenvalue weighted by Gasteiger charge is -2.20. The number of anilines is 1. The number of rotatable bonds is 2. The van der Waals surface area contributed by atoms with E-state index >= 15 is 0 Å². The second-order valence-electron chi connectivity index (χ2n) is 4.55. The Balaban J connectivity index is 1.84. The van der Waals surface area contributed by atoms with Gasteiger partial charge >= 0.3 is 0 Å². The van der Waals surface area contributed by atoms with Gasteiger partial charge in [-0.2, -0.15) is 21.9 Å². The number of para-hydroxylation sites is 1. The van der Waals surface area contributed by atoms with Gasteiger partial charge in [-0.1, -0.05) is 18.2 Å². The molecule has 1 aromatic carbocycles. The average Bonchev–Trinajstić information content (AvgIpc) is 2.53. The maximum Gasteiger partial charge on any atom is 0.200 e. The molecule has 22 heavy (non-hydrogen) atoms. The zero-order chi connectivity index (χ0) is 15.5. The summed E-state index contributed by atoms with van der Waals surface area (Å²) in [5.41, 5.74) is 18.7. The van der Waals surface area contributed by atoms with Crippen molar-refractivity contribution >= 4 is 5.69 Å². The van der Waals surface area contributed by atoms with Gasteiger partial charge in [-0.25, -0.2) is 0 Å². The normalized spacial score (nSPS) is 20.4. The third-order valence-corrected chi connectivity index (χ3v) is 2.85. The summed E-state index contributed by atoms with van der Waals surface area (Å²) in [5, 5.41) is 0. The highest BCUT2D eigenvalue weighted by Gasteiger charge is 2.13. The van der Waals surface area contributed by atoms with Crippen molar-refractivity contribution in [1.82, 2.24) is 21.9 Å². The van der Waals surface area contributed by atoms with Crippen molar-refractivity contribution in [2.75, 3.05) is 38.7 Å². The monoisotopic (exact) mass is 313 g/mol. The minimum absolute atomic E-state index is 0.109. The Hall–Kier alpha value is -1.30. The van der Waals surface area contributed by atoms with Crippen molar-refractivity contribution in [3.8, 4) is 0 Å². The molecule has 0 saturated carbocycles. The summed E-state index contributed by atoms with van der Waals surface area (Å²) in [6, 6.07) is 7.61. The fraction of sp³-hybridized carbons (Fsp3) is 0.538. The fourth-order valence-corrected chi connectivity index (χ4v) is 1.77. The first kappa shape index (κ1) is 17.1. The molecule has 1 fully saturated rings. The van der Waals surface area contributed by atoms with Gasteiger partial charge in [0.15, 0.2) is 6.79 Å². The minimum Gasteiger partial charge on any atom is -0.399 e. The molecule has 1 heterocycles. The van der Waals surface area contributed by atoms with Crippen LogP contribution in [0.15, 0.2) is 24.3 Å². The summed E-state index contributed by atoms with van der Waals surface area (Å²) >= 11 is 0. The molecule has 0 aromatic heterocycles. The van der Waals surface area contributed by atoms with Crippen molar-refractivity contribution in [2.24, 2.45) is 0 Å². The predicted molar refractivity (Wildman–Crippen MR) is 79.6 cm³/mol. The standard InChI is InChI=1S/C13H23N5O4/c14-12-4-2-1-3-11(12)9-13-21-17-7-5-15-19-10-20-16-6-8-18-22-13/h1-4,13,15-18H,5-10,14H2. The van der Waals surface area contributed by atoms with Gasteiger partial charge < -0.3 is 5.73 Å². The Kier molecular flexibility index (Phi) is 8.09. The number of hydrogen-bond donors (Lipinski definition) is 5. The lowest BCUT2D eigenvalue weighted by molar-refractivity contribution is -0.213. The Morgan fingerprint density at radius 3 is 2.14 bits per heavy atom. The van der Waals surface area contributed by atoms with E-state index in [1.165, 1.54) is 0 Å². The van der Waals surface area contributed by atoms with Crippen LogP contribution >= 0.6 is 0 Å².